The van der Waals surface area contributed by atoms with Crippen LogP contribution in [0.5, 0.6) is 5.75 Å². The molecule has 0 unspecified atom stereocenters. The molecule has 0 atom stereocenters. The van der Waals surface area contributed by atoms with Crippen LogP contribution in [-0.4, -0.2) is 24.6 Å². The average molecular weight is 438 g/mol. The van der Waals surface area contributed by atoms with Crippen LogP contribution in [0.15, 0.2) is 60.0 Å². The van der Waals surface area contributed by atoms with Gasteiger partial charge in [-0.2, -0.15) is 0 Å². The van der Waals surface area contributed by atoms with Crippen LogP contribution < -0.4 is 10.1 Å². The van der Waals surface area contributed by atoms with E-state index in [0.717, 1.165) is 11.1 Å². The molecule has 0 aliphatic rings. The fraction of sp³-hybridized carbons (Fsp3) is 0.280. The largest absolute Gasteiger partial charge is 0.493 e. The minimum absolute atomic E-state index is 0.266. The Kier molecular flexibility index (Phi) is 7.47. The van der Waals surface area contributed by atoms with Gasteiger partial charge in [0.05, 0.1) is 12.7 Å². The number of hydrogen-bond acceptors (Lipinski definition) is 5. The lowest BCUT2D eigenvalue weighted by Gasteiger charge is -2.12. The molecule has 0 fully saturated rings. The van der Waals surface area contributed by atoms with E-state index in [-0.39, 0.29) is 12.0 Å². The quantitative estimate of drug-likeness (QED) is 0.422. The Labute approximate surface area is 187 Å². The molecule has 3 rings (SSSR count). The number of ether oxygens (including phenoxy) is 2. The summed E-state index contributed by atoms with van der Waals surface area (Å²) in [4.78, 5) is 25.7. The highest BCUT2D eigenvalue weighted by Gasteiger charge is 2.24. The van der Waals surface area contributed by atoms with Crippen LogP contribution in [0.4, 0.5) is 5.00 Å². The summed E-state index contributed by atoms with van der Waals surface area (Å²) in [5.41, 5.74) is 2.48. The minimum Gasteiger partial charge on any atom is -0.493 e. The molecule has 0 radical (unpaired) electrons. The maximum absolute atomic E-state index is 12.8. The molecular formula is C25H27NO4S. The molecule has 1 aromatic heterocycles. The number of esters is 1. The smallest absolute Gasteiger partial charge is 0.342 e. The third-order valence-electron chi connectivity index (χ3n) is 4.35. The van der Waals surface area contributed by atoms with Crippen LogP contribution >= 0.6 is 11.3 Å². The number of thiophene rings is 1. The van der Waals surface area contributed by atoms with E-state index >= 15 is 0 Å². The standard InChI is InChI=1S/C25H27NO4S/c1-16(2)14-29-20-12-10-19(11-13-20)23(27)26-24-22(25(28)30-17(3)4)21(15-31-24)18-8-6-5-7-9-18/h5-13,15-17H,14H2,1-4H3,(H,26,27). The first-order valence-corrected chi connectivity index (χ1v) is 11.1. The predicted molar refractivity (Wildman–Crippen MR) is 125 cm³/mol. The normalized spacial score (nSPS) is 10.9. The number of amides is 1. The lowest BCUT2D eigenvalue weighted by Crippen LogP contribution is -2.16. The summed E-state index contributed by atoms with van der Waals surface area (Å²) in [6.07, 6.45) is -0.266. The van der Waals surface area contributed by atoms with Crippen molar-refractivity contribution >= 4 is 28.2 Å². The molecule has 0 saturated heterocycles. The Morgan fingerprint density at radius 3 is 2.26 bits per heavy atom. The average Bonchev–Trinajstić information content (AvgIpc) is 3.16. The van der Waals surface area contributed by atoms with Crippen LogP contribution in [0.1, 0.15) is 48.4 Å². The molecule has 1 N–H and O–H groups in total. The van der Waals surface area contributed by atoms with E-state index in [4.69, 9.17) is 9.47 Å². The van der Waals surface area contributed by atoms with Crippen LogP contribution in [0.2, 0.25) is 0 Å². The second-order valence-electron chi connectivity index (χ2n) is 7.86. The lowest BCUT2D eigenvalue weighted by atomic mass is 10.0. The second-order valence-corrected chi connectivity index (χ2v) is 8.74. The number of anilines is 1. The Morgan fingerprint density at radius 2 is 1.65 bits per heavy atom. The van der Waals surface area contributed by atoms with Gasteiger partial charge in [-0.25, -0.2) is 4.79 Å². The third kappa shape index (κ3) is 5.95. The number of rotatable bonds is 8. The lowest BCUT2D eigenvalue weighted by molar-refractivity contribution is 0.0380. The highest BCUT2D eigenvalue weighted by Crippen LogP contribution is 2.36. The molecule has 162 valence electrons. The molecule has 0 saturated carbocycles. The summed E-state index contributed by atoms with van der Waals surface area (Å²) in [5.74, 6) is 0.386. The van der Waals surface area contributed by atoms with Crippen molar-refractivity contribution in [3.63, 3.8) is 0 Å². The van der Waals surface area contributed by atoms with Gasteiger partial charge in [0.25, 0.3) is 5.91 Å². The SMILES string of the molecule is CC(C)COc1ccc(C(=O)Nc2scc(-c3ccccc3)c2C(=O)OC(C)C)cc1. The van der Waals surface area contributed by atoms with E-state index in [1.165, 1.54) is 11.3 Å². The van der Waals surface area contributed by atoms with Gasteiger partial charge in [0.2, 0.25) is 0 Å². The molecule has 31 heavy (non-hydrogen) atoms. The van der Waals surface area contributed by atoms with E-state index in [1.54, 1.807) is 38.1 Å². The van der Waals surface area contributed by atoms with Crippen molar-refractivity contribution in [2.24, 2.45) is 5.92 Å². The Bertz CT molecular complexity index is 1020. The van der Waals surface area contributed by atoms with Crippen molar-refractivity contribution in [1.82, 2.24) is 0 Å². The number of benzene rings is 2. The molecule has 5 nitrogen and oxygen atoms in total. The zero-order chi connectivity index (χ0) is 22.4. The summed E-state index contributed by atoms with van der Waals surface area (Å²) in [5, 5.41) is 5.21. The number of nitrogens with one attached hydrogen (secondary N) is 1. The van der Waals surface area contributed by atoms with Gasteiger partial charge in [0, 0.05) is 16.5 Å². The van der Waals surface area contributed by atoms with Gasteiger partial charge in [-0.15, -0.1) is 11.3 Å². The van der Waals surface area contributed by atoms with Crippen molar-refractivity contribution in [3.8, 4) is 16.9 Å². The summed E-state index contributed by atoms with van der Waals surface area (Å²) >= 11 is 1.31. The first-order chi connectivity index (χ1) is 14.8. The second kappa shape index (κ2) is 10.3. The maximum Gasteiger partial charge on any atom is 0.342 e. The first-order valence-electron chi connectivity index (χ1n) is 10.3. The van der Waals surface area contributed by atoms with Gasteiger partial charge in [-0.3, -0.25) is 4.79 Å². The molecule has 0 aliphatic heterocycles. The Morgan fingerprint density at radius 1 is 0.968 bits per heavy atom. The van der Waals surface area contributed by atoms with Crippen LogP contribution in [0, 0.1) is 5.92 Å². The zero-order valence-corrected chi connectivity index (χ0v) is 19.0. The van der Waals surface area contributed by atoms with E-state index in [1.807, 2.05) is 35.7 Å². The third-order valence-corrected chi connectivity index (χ3v) is 5.25. The Hall–Kier alpha value is -3.12. The molecule has 1 amide bonds. The van der Waals surface area contributed by atoms with E-state index < -0.39 is 5.97 Å². The molecule has 1 heterocycles. The predicted octanol–water partition coefficient (Wildman–Crippen LogP) is 6.27. The number of carbonyl (C=O) groups excluding carboxylic acids is 2. The number of hydrogen-bond donors (Lipinski definition) is 1. The van der Waals surface area contributed by atoms with Crippen LogP contribution in [0.3, 0.4) is 0 Å². The van der Waals surface area contributed by atoms with Crippen molar-refractivity contribution in [2.45, 2.75) is 33.8 Å². The van der Waals surface area contributed by atoms with Crippen molar-refractivity contribution in [2.75, 3.05) is 11.9 Å². The maximum atomic E-state index is 12.8. The zero-order valence-electron chi connectivity index (χ0n) is 18.2. The number of carbonyl (C=O) groups is 2. The summed E-state index contributed by atoms with van der Waals surface area (Å²) in [6.45, 7) is 8.37. The van der Waals surface area contributed by atoms with Crippen molar-refractivity contribution < 1.29 is 19.1 Å². The highest BCUT2D eigenvalue weighted by molar-refractivity contribution is 7.15. The molecular weight excluding hydrogens is 410 g/mol. The topological polar surface area (TPSA) is 64.6 Å². The molecule has 0 spiro atoms. The first kappa shape index (κ1) is 22.6. The fourth-order valence-electron chi connectivity index (χ4n) is 2.90. The van der Waals surface area contributed by atoms with Gasteiger partial charge in [-0.1, -0.05) is 44.2 Å². The fourth-order valence-corrected chi connectivity index (χ4v) is 3.85. The van der Waals surface area contributed by atoms with Gasteiger partial charge in [0.15, 0.2) is 0 Å². The van der Waals surface area contributed by atoms with Crippen LogP contribution in [0.25, 0.3) is 11.1 Å². The summed E-state index contributed by atoms with van der Waals surface area (Å²) < 4.78 is 11.1. The van der Waals surface area contributed by atoms with E-state index in [0.29, 0.717) is 34.4 Å². The van der Waals surface area contributed by atoms with Gasteiger partial charge in [0.1, 0.15) is 16.3 Å². The molecule has 3 aromatic rings. The molecule has 0 bridgehead atoms. The van der Waals surface area contributed by atoms with Gasteiger partial charge in [-0.05, 0) is 49.6 Å². The molecule has 6 heteroatoms. The van der Waals surface area contributed by atoms with Gasteiger partial charge < -0.3 is 14.8 Å². The molecule has 0 aliphatic carbocycles. The summed E-state index contributed by atoms with van der Waals surface area (Å²) in [6, 6.07) is 16.6. The van der Waals surface area contributed by atoms with E-state index in [9.17, 15) is 9.59 Å². The summed E-state index contributed by atoms with van der Waals surface area (Å²) in [7, 11) is 0. The van der Waals surface area contributed by atoms with Crippen LogP contribution in [-0.2, 0) is 4.74 Å². The van der Waals surface area contributed by atoms with E-state index in [2.05, 4.69) is 19.2 Å². The highest BCUT2D eigenvalue weighted by atomic mass is 32.1. The minimum atomic E-state index is -0.456. The van der Waals surface area contributed by atoms with Crippen molar-refractivity contribution in [1.29, 1.82) is 0 Å². The monoisotopic (exact) mass is 437 g/mol. The Balaban J connectivity index is 1.84. The van der Waals surface area contributed by atoms with Gasteiger partial charge >= 0.3 is 5.97 Å². The molecule has 2 aromatic carbocycles. The van der Waals surface area contributed by atoms with Crippen molar-refractivity contribution in [3.05, 3.63) is 71.1 Å².